The van der Waals surface area contributed by atoms with Gasteiger partial charge < -0.3 is 24.3 Å². The molecule has 0 radical (unpaired) electrons. The molecule has 1 saturated heterocycles. The predicted molar refractivity (Wildman–Crippen MR) is 127 cm³/mol. The molecule has 8 nitrogen and oxygen atoms in total. The van der Waals surface area contributed by atoms with Crippen LogP contribution in [0, 0.1) is 18.8 Å². The zero-order chi connectivity index (χ0) is 25.0. The Bertz CT molecular complexity index is 1390. The molecule has 1 fully saturated rings. The molecule has 3 aromatic carbocycles. The number of ether oxygens (including phenoxy) is 3. The third-order valence-corrected chi connectivity index (χ3v) is 7.08. The van der Waals surface area contributed by atoms with Gasteiger partial charge in [-0.2, -0.15) is 0 Å². The summed E-state index contributed by atoms with van der Waals surface area (Å²) >= 11 is 0. The Labute approximate surface area is 206 Å². The van der Waals surface area contributed by atoms with E-state index in [0.29, 0.717) is 29.0 Å². The van der Waals surface area contributed by atoms with Gasteiger partial charge >= 0.3 is 0 Å². The number of benzene rings is 3. The van der Waals surface area contributed by atoms with Crippen LogP contribution in [0.15, 0.2) is 66.7 Å². The van der Waals surface area contributed by atoms with Gasteiger partial charge in [0.05, 0.1) is 17.9 Å². The normalized spacial score (nSPS) is 23.1. The lowest BCUT2D eigenvalue weighted by atomic mass is 9.76. The molecule has 3 aromatic rings. The summed E-state index contributed by atoms with van der Waals surface area (Å²) in [6, 6.07) is 18.5. The fourth-order valence-electron chi connectivity index (χ4n) is 5.30. The lowest BCUT2D eigenvalue weighted by Crippen LogP contribution is -2.49. The minimum atomic E-state index is -2.10. The molecule has 2 heterocycles. The van der Waals surface area contributed by atoms with Crippen molar-refractivity contribution >= 4 is 29.4 Å². The number of nitrogens with one attached hydrogen (secondary N) is 1. The Balaban J connectivity index is 1.43. The van der Waals surface area contributed by atoms with Crippen LogP contribution in [0.5, 0.6) is 11.5 Å². The van der Waals surface area contributed by atoms with Crippen molar-refractivity contribution in [2.75, 3.05) is 12.1 Å². The van der Waals surface area contributed by atoms with Crippen LogP contribution in [0.1, 0.15) is 37.9 Å². The number of ketones is 2. The molecule has 0 bridgehead atoms. The van der Waals surface area contributed by atoms with Gasteiger partial charge in [0, 0.05) is 22.9 Å². The molecule has 1 N–H and O–H groups in total. The van der Waals surface area contributed by atoms with Crippen LogP contribution in [0.4, 0.5) is 5.69 Å². The number of hydrogen-bond acceptors (Lipinski definition) is 7. The van der Waals surface area contributed by atoms with Crippen molar-refractivity contribution in [2.24, 2.45) is 11.8 Å². The maximum Gasteiger partial charge on any atom is 0.231 e. The van der Waals surface area contributed by atoms with E-state index in [-0.39, 0.29) is 17.9 Å². The van der Waals surface area contributed by atoms with Crippen LogP contribution < -0.4 is 14.8 Å². The second-order valence-corrected chi connectivity index (χ2v) is 9.13. The average Bonchev–Trinajstić information content (AvgIpc) is 3.55. The highest BCUT2D eigenvalue weighted by Gasteiger charge is 2.68. The van der Waals surface area contributed by atoms with Gasteiger partial charge in [-0.15, -0.1) is 0 Å². The molecule has 0 saturated carbocycles. The number of hydrogen-bond donors (Lipinski definition) is 1. The van der Waals surface area contributed by atoms with E-state index < -0.39 is 41.0 Å². The number of rotatable bonds is 4. The fraction of sp³-hybridized carbons (Fsp3) is 0.214. The van der Waals surface area contributed by atoms with E-state index in [1.807, 2.05) is 19.1 Å². The van der Waals surface area contributed by atoms with Gasteiger partial charge in [-0.25, -0.2) is 0 Å². The van der Waals surface area contributed by atoms with Crippen molar-refractivity contribution < 1.29 is 33.4 Å². The van der Waals surface area contributed by atoms with E-state index in [1.54, 1.807) is 42.5 Å². The van der Waals surface area contributed by atoms with Crippen LogP contribution in [0.25, 0.3) is 0 Å². The van der Waals surface area contributed by atoms with Crippen molar-refractivity contribution in [3.8, 4) is 11.5 Å². The molecule has 180 valence electrons. The topological polar surface area (TPSA) is 108 Å². The molecular weight excluding hydrogens is 462 g/mol. The van der Waals surface area contributed by atoms with E-state index in [9.17, 15) is 19.2 Å². The second kappa shape index (κ2) is 8.13. The summed E-state index contributed by atoms with van der Waals surface area (Å²) in [5.41, 5.74) is 0.275. The summed E-state index contributed by atoms with van der Waals surface area (Å²) in [7, 11) is 0. The van der Waals surface area contributed by atoms with Gasteiger partial charge in [-0.05, 0) is 24.6 Å². The monoisotopic (exact) mass is 483 g/mol. The predicted octanol–water partition coefficient (Wildman–Crippen LogP) is 3.68. The molecular formula is C28H21NO7. The van der Waals surface area contributed by atoms with Crippen molar-refractivity contribution in [1.82, 2.24) is 0 Å². The first kappa shape index (κ1) is 22.2. The first-order valence-electron chi connectivity index (χ1n) is 11.5. The largest absolute Gasteiger partial charge is 0.454 e. The number of aldehydes is 1. The fourth-order valence-corrected chi connectivity index (χ4v) is 5.30. The van der Waals surface area contributed by atoms with Gasteiger partial charge in [0.25, 0.3) is 0 Å². The van der Waals surface area contributed by atoms with Crippen LogP contribution in [-0.4, -0.2) is 36.2 Å². The molecule has 1 spiro atoms. The Morgan fingerprint density at radius 3 is 2.28 bits per heavy atom. The second-order valence-electron chi connectivity index (χ2n) is 9.13. The van der Waals surface area contributed by atoms with E-state index in [2.05, 4.69) is 5.32 Å². The summed E-state index contributed by atoms with van der Waals surface area (Å²) in [5.74, 6) is -3.19. The number of anilines is 1. The molecule has 0 aromatic heterocycles. The SMILES string of the molecule is Cc1ccc(C2OC3(C(=O)c4ccccc4C3=O)C(C=O)C2C(=O)Nc2ccc3c(c2)OCO3)cc1. The summed E-state index contributed by atoms with van der Waals surface area (Å²) in [6.07, 6.45) is -0.503. The Morgan fingerprint density at radius 2 is 1.61 bits per heavy atom. The number of Topliss-reactive ketones (excluding diaryl/α,β-unsaturated/α-hetero) is 2. The average molecular weight is 483 g/mol. The highest BCUT2D eigenvalue weighted by atomic mass is 16.7. The van der Waals surface area contributed by atoms with Crippen molar-refractivity contribution in [1.29, 1.82) is 0 Å². The first-order chi connectivity index (χ1) is 17.4. The highest BCUT2D eigenvalue weighted by molar-refractivity contribution is 6.33. The highest BCUT2D eigenvalue weighted by Crippen LogP contribution is 2.53. The molecule has 6 rings (SSSR count). The van der Waals surface area contributed by atoms with E-state index in [4.69, 9.17) is 14.2 Å². The standard InChI is InChI=1S/C28H21NO7/c1-15-6-8-16(9-7-15)24-23(27(33)29-17-10-11-21-22(12-17)35-14-34-21)20(13-30)28(36-24)25(31)18-4-2-3-5-19(18)26(28)32/h2-13,20,23-24H,14H2,1H3,(H,29,33). The lowest BCUT2D eigenvalue weighted by Gasteiger charge is -2.24. The van der Waals surface area contributed by atoms with E-state index in [1.165, 1.54) is 12.1 Å². The number of aryl methyl sites for hydroxylation is 1. The Morgan fingerprint density at radius 1 is 0.944 bits per heavy atom. The summed E-state index contributed by atoms with van der Waals surface area (Å²) in [6.45, 7) is 2.00. The Kier molecular flexibility index (Phi) is 5.01. The van der Waals surface area contributed by atoms with Crippen LogP contribution >= 0.6 is 0 Å². The minimum Gasteiger partial charge on any atom is -0.454 e. The minimum absolute atomic E-state index is 0.0826. The summed E-state index contributed by atoms with van der Waals surface area (Å²) in [5, 5.41) is 2.81. The number of amides is 1. The summed E-state index contributed by atoms with van der Waals surface area (Å²) < 4.78 is 17.0. The third-order valence-electron chi connectivity index (χ3n) is 7.08. The number of fused-ring (bicyclic) bond motifs is 2. The molecule has 36 heavy (non-hydrogen) atoms. The quantitative estimate of drug-likeness (QED) is 0.445. The first-order valence-corrected chi connectivity index (χ1v) is 11.5. The lowest BCUT2D eigenvalue weighted by molar-refractivity contribution is -0.125. The van der Waals surface area contributed by atoms with Crippen LogP contribution in [0.2, 0.25) is 0 Å². The maximum absolute atomic E-state index is 13.7. The van der Waals surface area contributed by atoms with Crippen molar-refractivity contribution in [3.05, 3.63) is 89.0 Å². The third kappa shape index (κ3) is 3.11. The van der Waals surface area contributed by atoms with Crippen LogP contribution in [0.3, 0.4) is 0 Å². The van der Waals surface area contributed by atoms with Crippen molar-refractivity contribution in [2.45, 2.75) is 18.6 Å². The van der Waals surface area contributed by atoms with Crippen molar-refractivity contribution in [3.63, 3.8) is 0 Å². The van der Waals surface area contributed by atoms with Crippen LogP contribution in [-0.2, 0) is 14.3 Å². The van der Waals surface area contributed by atoms with Gasteiger partial charge in [0.15, 0.2) is 11.5 Å². The Hall–Kier alpha value is -4.30. The molecule has 3 atom stereocenters. The summed E-state index contributed by atoms with van der Waals surface area (Å²) in [4.78, 5) is 53.5. The molecule has 1 aliphatic carbocycles. The van der Waals surface area contributed by atoms with E-state index >= 15 is 0 Å². The van der Waals surface area contributed by atoms with Gasteiger partial charge in [-0.1, -0.05) is 54.1 Å². The number of carbonyl (C=O) groups is 4. The molecule has 2 aliphatic heterocycles. The molecule has 3 aliphatic rings. The molecule has 3 unspecified atom stereocenters. The smallest absolute Gasteiger partial charge is 0.231 e. The molecule has 8 heteroatoms. The maximum atomic E-state index is 13.7. The van der Waals surface area contributed by atoms with Gasteiger partial charge in [0.1, 0.15) is 6.29 Å². The zero-order valence-electron chi connectivity index (χ0n) is 19.2. The molecule has 1 amide bonds. The van der Waals surface area contributed by atoms with Gasteiger partial charge in [0.2, 0.25) is 29.9 Å². The number of carbonyl (C=O) groups excluding carboxylic acids is 4. The van der Waals surface area contributed by atoms with E-state index in [0.717, 1.165) is 5.56 Å². The van der Waals surface area contributed by atoms with Gasteiger partial charge in [-0.3, -0.25) is 14.4 Å². The zero-order valence-corrected chi connectivity index (χ0v) is 19.2.